The van der Waals surface area contributed by atoms with Gasteiger partial charge in [-0.05, 0) is 23.3 Å². The smallest absolute Gasteiger partial charge is 0.163 e. The van der Waals surface area contributed by atoms with Gasteiger partial charge >= 0.3 is 0 Å². The van der Waals surface area contributed by atoms with Gasteiger partial charge in [-0.1, -0.05) is 58.9 Å². The predicted molar refractivity (Wildman–Crippen MR) is 73.4 cm³/mol. The zero-order valence-corrected chi connectivity index (χ0v) is 11.7. The third kappa shape index (κ3) is 3.99. The van der Waals surface area contributed by atoms with Crippen LogP contribution >= 0.6 is 0 Å². The average Bonchev–Trinajstić information content (AvgIpc) is 2.27. The van der Waals surface area contributed by atoms with Crippen LogP contribution in [0.5, 0.6) is 0 Å². The second-order valence-corrected chi connectivity index (χ2v) is 5.94. The quantitative estimate of drug-likeness (QED) is 0.698. The minimum absolute atomic E-state index is 0.193. The van der Waals surface area contributed by atoms with E-state index < -0.39 is 0 Å². The van der Waals surface area contributed by atoms with E-state index in [0.717, 1.165) is 12.0 Å². The van der Waals surface area contributed by atoms with Crippen molar-refractivity contribution in [2.75, 3.05) is 0 Å². The summed E-state index contributed by atoms with van der Waals surface area (Å²) in [6.07, 6.45) is 1.65. The van der Waals surface area contributed by atoms with E-state index in [9.17, 15) is 4.79 Å². The number of carbonyl (C=O) groups is 1. The molecule has 0 spiro atoms. The summed E-state index contributed by atoms with van der Waals surface area (Å²) in [5.41, 5.74) is 2.32. The molecule has 0 aromatic heterocycles. The van der Waals surface area contributed by atoms with Crippen molar-refractivity contribution in [3.05, 3.63) is 35.4 Å². The molecule has 0 N–H and O–H groups in total. The Morgan fingerprint density at radius 2 is 1.71 bits per heavy atom. The summed E-state index contributed by atoms with van der Waals surface area (Å²) in [5.74, 6) is 0.663. The first kappa shape index (κ1) is 14.0. The minimum Gasteiger partial charge on any atom is -0.294 e. The van der Waals surface area contributed by atoms with Crippen LogP contribution in [-0.2, 0) is 6.42 Å². The highest BCUT2D eigenvalue weighted by atomic mass is 16.1. The maximum absolute atomic E-state index is 12.1. The normalized spacial score (nSPS) is 13.5. The zero-order chi connectivity index (χ0) is 13.1. The van der Waals surface area contributed by atoms with Gasteiger partial charge in [-0.2, -0.15) is 0 Å². The number of rotatable bonds is 4. The van der Waals surface area contributed by atoms with Crippen LogP contribution in [0.1, 0.15) is 57.0 Å². The summed E-state index contributed by atoms with van der Waals surface area (Å²) in [7, 11) is 0. The standard InChI is InChI=1S/C16H24O/c1-6-13-7-9-14(10-8-13)15(17)11-12(2)16(3,4)5/h7-10,12H,6,11H2,1-5H3. The monoisotopic (exact) mass is 232 g/mol. The molecule has 1 aromatic rings. The van der Waals surface area contributed by atoms with Crippen LogP contribution in [0.4, 0.5) is 0 Å². The van der Waals surface area contributed by atoms with Gasteiger partial charge in [0, 0.05) is 12.0 Å². The van der Waals surface area contributed by atoms with Gasteiger partial charge < -0.3 is 0 Å². The first-order valence-corrected chi connectivity index (χ1v) is 6.46. The highest BCUT2D eigenvalue weighted by molar-refractivity contribution is 5.96. The van der Waals surface area contributed by atoms with Crippen LogP contribution in [0.15, 0.2) is 24.3 Å². The number of benzene rings is 1. The molecule has 1 unspecified atom stereocenters. The fourth-order valence-corrected chi connectivity index (χ4v) is 1.63. The van der Waals surface area contributed by atoms with Crippen molar-refractivity contribution in [3.8, 4) is 0 Å². The lowest BCUT2D eigenvalue weighted by atomic mass is 9.78. The van der Waals surface area contributed by atoms with Gasteiger partial charge in [0.2, 0.25) is 0 Å². The predicted octanol–water partition coefficient (Wildman–Crippen LogP) is 4.50. The fourth-order valence-electron chi connectivity index (χ4n) is 1.63. The van der Waals surface area contributed by atoms with Gasteiger partial charge in [0.25, 0.3) is 0 Å². The Balaban J connectivity index is 2.70. The van der Waals surface area contributed by atoms with E-state index >= 15 is 0 Å². The van der Waals surface area contributed by atoms with Crippen LogP contribution in [0.25, 0.3) is 0 Å². The first-order valence-electron chi connectivity index (χ1n) is 6.46. The Morgan fingerprint density at radius 3 is 2.12 bits per heavy atom. The van der Waals surface area contributed by atoms with Crippen LogP contribution in [0, 0.1) is 11.3 Å². The van der Waals surface area contributed by atoms with Gasteiger partial charge in [-0.15, -0.1) is 0 Å². The van der Waals surface area contributed by atoms with Crippen molar-refractivity contribution in [2.45, 2.75) is 47.5 Å². The molecule has 0 heterocycles. The summed E-state index contributed by atoms with van der Waals surface area (Å²) in [6, 6.07) is 8.01. The summed E-state index contributed by atoms with van der Waals surface area (Å²) in [4.78, 5) is 12.1. The van der Waals surface area contributed by atoms with Gasteiger partial charge in [-0.25, -0.2) is 0 Å². The molecule has 94 valence electrons. The van der Waals surface area contributed by atoms with Gasteiger partial charge in [0.05, 0.1) is 0 Å². The summed E-state index contributed by atoms with van der Waals surface area (Å²) in [6.45, 7) is 10.8. The van der Waals surface area contributed by atoms with E-state index in [1.165, 1.54) is 5.56 Å². The molecule has 0 bridgehead atoms. The van der Waals surface area contributed by atoms with Gasteiger partial charge in [0.1, 0.15) is 0 Å². The Kier molecular flexibility index (Phi) is 4.50. The molecule has 17 heavy (non-hydrogen) atoms. The molecule has 0 fully saturated rings. The summed E-state index contributed by atoms with van der Waals surface area (Å²) in [5, 5.41) is 0. The molecular weight excluding hydrogens is 208 g/mol. The molecule has 0 aliphatic heterocycles. The lowest BCUT2D eigenvalue weighted by Gasteiger charge is -2.26. The SMILES string of the molecule is CCc1ccc(C(=O)CC(C)C(C)(C)C)cc1. The molecule has 1 heteroatoms. The third-order valence-electron chi connectivity index (χ3n) is 3.65. The molecule has 0 saturated carbocycles. The van der Waals surface area contributed by atoms with E-state index in [2.05, 4.69) is 46.8 Å². The van der Waals surface area contributed by atoms with E-state index in [4.69, 9.17) is 0 Å². The van der Waals surface area contributed by atoms with E-state index in [1.54, 1.807) is 0 Å². The molecule has 0 saturated heterocycles. The second-order valence-electron chi connectivity index (χ2n) is 5.94. The Morgan fingerprint density at radius 1 is 1.18 bits per heavy atom. The number of hydrogen-bond donors (Lipinski definition) is 0. The number of Topliss-reactive ketones (excluding diaryl/α,β-unsaturated/α-hetero) is 1. The second kappa shape index (κ2) is 5.48. The van der Waals surface area contributed by atoms with E-state index in [-0.39, 0.29) is 11.2 Å². The van der Waals surface area contributed by atoms with Crippen molar-refractivity contribution in [1.82, 2.24) is 0 Å². The maximum atomic E-state index is 12.1. The number of hydrogen-bond acceptors (Lipinski definition) is 1. The first-order chi connectivity index (χ1) is 7.84. The molecular formula is C16H24O. The Bertz CT molecular complexity index is 368. The van der Waals surface area contributed by atoms with Crippen LogP contribution in [0.3, 0.4) is 0 Å². The lowest BCUT2D eigenvalue weighted by Crippen LogP contribution is -2.20. The summed E-state index contributed by atoms with van der Waals surface area (Å²) >= 11 is 0. The topological polar surface area (TPSA) is 17.1 Å². The van der Waals surface area contributed by atoms with Crippen LogP contribution in [-0.4, -0.2) is 5.78 Å². The highest BCUT2D eigenvalue weighted by Crippen LogP contribution is 2.29. The van der Waals surface area contributed by atoms with Crippen molar-refractivity contribution in [1.29, 1.82) is 0 Å². The zero-order valence-electron chi connectivity index (χ0n) is 11.7. The molecule has 1 rings (SSSR count). The highest BCUT2D eigenvalue weighted by Gasteiger charge is 2.22. The Hall–Kier alpha value is -1.11. The van der Waals surface area contributed by atoms with Crippen LogP contribution in [0.2, 0.25) is 0 Å². The average molecular weight is 232 g/mol. The molecule has 1 atom stereocenters. The molecule has 1 nitrogen and oxygen atoms in total. The maximum Gasteiger partial charge on any atom is 0.163 e. The van der Waals surface area contributed by atoms with Crippen molar-refractivity contribution in [3.63, 3.8) is 0 Å². The number of carbonyl (C=O) groups excluding carboxylic acids is 1. The minimum atomic E-state index is 0.193. The summed E-state index contributed by atoms with van der Waals surface area (Å²) < 4.78 is 0. The number of ketones is 1. The number of aryl methyl sites for hydroxylation is 1. The fraction of sp³-hybridized carbons (Fsp3) is 0.562. The van der Waals surface area contributed by atoms with Crippen molar-refractivity contribution in [2.24, 2.45) is 11.3 Å². The molecule has 0 radical (unpaired) electrons. The molecule has 0 aliphatic carbocycles. The largest absolute Gasteiger partial charge is 0.294 e. The lowest BCUT2D eigenvalue weighted by molar-refractivity contribution is 0.0927. The van der Waals surface area contributed by atoms with Crippen LogP contribution < -0.4 is 0 Å². The molecule has 0 aliphatic rings. The van der Waals surface area contributed by atoms with E-state index in [0.29, 0.717) is 12.3 Å². The van der Waals surface area contributed by atoms with E-state index in [1.807, 2.05) is 12.1 Å². The Labute approximate surface area is 105 Å². The molecule has 0 amide bonds. The van der Waals surface area contributed by atoms with Gasteiger partial charge in [0.15, 0.2) is 5.78 Å². The van der Waals surface area contributed by atoms with Crippen molar-refractivity contribution >= 4 is 5.78 Å². The van der Waals surface area contributed by atoms with Crippen molar-refractivity contribution < 1.29 is 4.79 Å². The molecule has 1 aromatic carbocycles. The van der Waals surface area contributed by atoms with Gasteiger partial charge in [-0.3, -0.25) is 4.79 Å². The third-order valence-corrected chi connectivity index (χ3v) is 3.65.